The zero-order valence-electron chi connectivity index (χ0n) is 9.53. The summed E-state index contributed by atoms with van der Waals surface area (Å²) in [5, 5.41) is 13.0. The molecule has 1 aromatic carbocycles. The highest BCUT2D eigenvalue weighted by atomic mass is 35.5. The molecule has 1 aliphatic rings. The van der Waals surface area contributed by atoms with Crippen LogP contribution in [0.1, 0.15) is 36.0 Å². The summed E-state index contributed by atoms with van der Waals surface area (Å²) in [4.78, 5) is 11.9. The van der Waals surface area contributed by atoms with Crippen LogP contribution in [-0.4, -0.2) is 23.2 Å². The van der Waals surface area contributed by atoms with Crippen LogP contribution >= 0.6 is 11.6 Å². The van der Waals surface area contributed by atoms with E-state index in [2.05, 4.69) is 5.32 Å². The summed E-state index contributed by atoms with van der Waals surface area (Å²) < 4.78 is 0. The number of hydrogen-bond acceptors (Lipinski definition) is 2. The number of aliphatic hydroxyl groups is 1. The normalized spacial score (nSPS) is 24.4. The highest BCUT2D eigenvalue weighted by molar-refractivity contribution is 6.30. The van der Waals surface area contributed by atoms with Crippen molar-refractivity contribution in [2.24, 2.45) is 0 Å². The van der Waals surface area contributed by atoms with Gasteiger partial charge in [-0.25, -0.2) is 0 Å². The largest absolute Gasteiger partial charge is 0.393 e. The van der Waals surface area contributed by atoms with Crippen molar-refractivity contribution in [2.75, 3.05) is 0 Å². The number of hydrogen-bond donors (Lipinski definition) is 2. The van der Waals surface area contributed by atoms with Crippen LogP contribution in [0.4, 0.5) is 0 Å². The van der Waals surface area contributed by atoms with Crippen molar-refractivity contribution in [3.05, 3.63) is 34.9 Å². The molecule has 92 valence electrons. The van der Waals surface area contributed by atoms with Crippen LogP contribution in [0.5, 0.6) is 0 Å². The van der Waals surface area contributed by atoms with Crippen molar-refractivity contribution < 1.29 is 9.90 Å². The van der Waals surface area contributed by atoms with Gasteiger partial charge in [0, 0.05) is 16.6 Å². The van der Waals surface area contributed by atoms with E-state index in [9.17, 15) is 9.90 Å². The first-order valence-corrected chi connectivity index (χ1v) is 6.27. The molecule has 0 spiro atoms. The van der Waals surface area contributed by atoms with E-state index in [0.29, 0.717) is 17.0 Å². The number of aliphatic hydroxyl groups excluding tert-OH is 1. The smallest absolute Gasteiger partial charge is 0.251 e. The number of rotatable bonds is 2. The van der Waals surface area contributed by atoms with Gasteiger partial charge in [0.1, 0.15) is 0 Å². The lowest BCUT2D eigenvalue weighted by Crippen LogP contribution is -2.39. The standard InChI is InChI=1S/C13H16ClNO2/c14-10-4-1-3-9(7-10)13(17)15-11-5-2-6-12(16)8-11/h1,3-4,7,11-12,16H,2,5-6,8H2,(H,15,17)/t11-,12-/m0/s1. The molecule has 4 heteroatoms. The predicted molar refractivity (Wildman–Crippen MR) is 67.2 cm³/mol. The van der Waals surface area contributed by atoms with Gasteiger partial charge >= 0.3 is 0 Å². The van der Waals surface area contributed by atoms with E-state index in [-0.39, 0.29) is 18.1 Å². The molecule has 0 radical (unpaired) electrons. The van der Waals surface area contributed by atoms with E-state index in [4.69, 9.17) is 11.6 Å². The highest BCUT2D eigenvalue weighted by Crippen LogP contribution is 2.19. The lowest BCUT2D eigenvalue weighted by atomic mass is 9.93. The molecule has 2 atom stereocenters. The van der Waals surface area contributed by atoms with Crippen LogP contribution < -0.4 is 5.32 Å². The quantitative estimate of drug-likeness (QED) is 0.850. The van der Waals surface area contributed by atoms with Gasteiger partial charge in [0.25, 0.3) is 5.91 Å². The summed E-state index contributed by atoms with van der Waals surface area (Å²) in [5.74, 6) is -0.119. The van der Waals surface area contributed by atoms with Crippen molar-refractivity contribution in [1.29, 1.82) is 0 Å². The van der Waals surface area contributed by atoms with Crippen LogP contribution in [0.3, 0.4) is 0 Å². The molecule has 1 fully saturated rings. The van der Waals surface area contributed by atoms with Crippen LogP contribution in [0.15, 0.2) is 24.3 Å². The first-order valence-electron chi connectivity index (χ1n) is 5.89. The van der Waals surface area contributed by atoms with Gasteiger partial charge in [0.05, 0.1) is 6.10 Å². The average molecular weight is 254 g/mol. The minimum absolute atomic E-state index is 0.0743. The molecular formula is C13H16ClNO2. The van der Waals surface area contributed by atoms with Crippen LogP contribution in [0.2, 0.25) is 5.02 Å². The Kier molecular flexibility index (Phi) is 4.02. The Labute approximate surface area is 106 Å². The predicted octanol–water partition coefficient (Wildman–Crippen LogP) is 2.37. The number of halogens is 1. The molecule has 2 N–H and O–H groups in total. The third-order valence-corrected chi connectivity index (χ3v) is 3.30. The van der Waals surface area contributed by atoms with Gasteiger partial charge in [-0.2, -0.15) is 0 Å². The summed E-state index contributed by atoms with van der Waals surface area (Å²) in [6.07, 6.45) is 3.09. The second kappa shape index (κ2) is 5.52. The molecule has 0 unspecified atom stereocenters. The monoisotopic (exact) mass is 253 g/mol. The Bertz CT molecular complexity index is 408. The summed E-state index contributed by atoms with van der Waals surface area (Å²) in [5.41, 5.74) is 0.567. The number of amides is 1. The van der Waals surface area contributed by atoms with E-state index >= 15 is 0 Å². The van der Waals surface area contributed by atoms with Crippen LogP contribution in [-0.2, 0) is 0 Å². The van der Waals surface area contributed by atoms with Crippen molar-refractivity contribution in [3.8, 4) is 0 Å². The second-order valence-corrected chi connectivity index (χ2v) is 4.94. The second-order valence-electron chi connectivity index (χ2n) is 4.50. The highest BCUT2D eigenvalue weighted by Gasteiger charge is 2.21. The van der Waals surface area contributed by atoms with Crippen LogP contribution in [0, 0.1) is 0 Å². The molecule has 0 aliphatic heterocycles. The SMILES string of the molecule is O=C(N[C@H]1CCC[C@H](O)C1)c1cccc(Cl)c1. The summed E-state index contributed by atoms with van der Waals surface area (Å²) in [6.45, 7) is 0. The topological polar surface area (TPSA) is 49.3 Å². The Morgan fingerprint density at radius 3 is 2.94 bits per heavy atom. The Hall–Kier alpha value is -1.06. The maximum Gasteiger partial charge on any atom is 0.251 e. The maximum atomic E-state index is 11.9. The van der Waals surface area contributed by atoms with E-state index in [1.54, 1.807) is 24.3 Å². The van der Waals surface area contributed by atoms with Crippen molar-refractivity contribution in [2.45, 2.75) is 37.8 Å². The summed E-state index contributed by atoms with van der Waals surface area (Å²) in [7, 11) is 0. The fraction of sp³-hybridized carbons (Fsp3) is 0.462. The minimum atomic E-state index is -0.284. The van der Waals surface area contributed by atoms with Gasteiger partial charge in [0.2, 0.25) is 0 Å². The van der Waals surface area contributed by atoms with Crippen molar-refractivity contribution in [1.82, 2.24) is 5.32 Å². The lowest BCUT2D eigenvalue weighted by Gasteiger charge is -2.26. The number of benzene rings is 1. The molecule has 17 heavy (non-hydrogen) atoms. The van der Waals surface area contributed by atoms with Crippen LogP contribution in [0.25, 0.3) is 0 Å². The number of nitrogens with one attached hydrogen (secondary N) is 1. The molecule has 3 nitrogen and oxygen atoms in total. The first-order chi connectivity index (χ1) is 8.15. The molecule has 1 aliphatic carbocycles. The maximum absolute atomic E-state index is 11.9. The third kappa shape index (κ3) is 3.45. The first kappa shape index (κ1) is 12.4. The zero-order chi connectivity index (χ0) is 12.3. The van der Waals surface area contributed by atoms with Crippen molar-refractivity contribution in [3.63, 3.8) is 0 Å². The van der Waals surface area contributed by atoms with Gasteiger partial charge in [-0.1, -0.05) is 17.7 Å². The number of carbonyl (C=O) groups is 1. The van der Waals surface area contributed by atoms with E-state index in [0.717, 1.165) is 19.3 Å². The van der Waals surface area contributed by atoms with Gasteiger partial charge in [-0.15, -0.1) is 0 Å². The Morgan fingerprint density at radius 1 is 1.41 bits per heavy atom. The van der Waals surface area contributed by atoms with Crippen molar-refractivity contribution >= 4 is 17.5 Å². The molecular weight excluding hydrogens is 238 g/mol. The lowest BCUT2D eigenvalue weighted by molar-refractivity contribution is 0.0850. The molecule has 2 rings (SSSR count). The minimum Gasteiger partial charge on any atom is -0.393 e. The fourth-order valence-corrected chi connectivity index (χ4v) is 2.38. The Balaban J connectivity index is 1.97. The zero-order valence-corrected chi connectivity index (χ0v) is 10.3. The number of carbonyl (C=O) groups excluding carboxylic acids is 1. The molecule has 0 bridgehead atoms. The van der Waals surface area contributed by atoms with Gasteiger partial charge in [0.15, 0.2) is 0 Å². The Morgan fingerprint density at radius 2 is 2.24 bits per heavy atom. The molecule has 0 aromatic heterocycles. The molecule has 0 saturated heterocycles. The fourth-order valence-electron chi connectivity index (χ4n) is 2.19. The van der Waals surface area contributed by atoms with E-state index in [1.165, 1.54) is 0 Å². The van der Waals surface area contributed by atoms with Gasteiger partial charge in [-0.3, -0.25) is 4.79 Å². The van der Waals surface area contributed by atoms with Gasteiger partial charge < -0.3 is 10.4 Å². The molecule has 1 aromatic rings. The summed E-state index contributed by atoms with van der Waals surface area (Å²) >= 11 is 5.83. The molecule has 0 heterocycles. The average Bonchev–Trinajstić information content (AvgIpc) is 2.29. The molecule has 1 saturated carbocycles. The summed E-state index contributed by atoms with van der Waals surface area (Å²) in [6, 6.07) is 6.96. The van der Waals surface area contributed by atoms with Gasteiger partial charge in [-0.05, 0) is 43.9 Å². The third-order valence-electron chi connectivity index (χ3n) is 3.07. The molecule has 1 amide bonds. The van der Waals surface area contributed by atoms with E-state index < -0.39 is 0 Å². The van der Waals surface area contributed by atoms with E-state index in [1.807, 2.05) is 0 Å².